The van der Waals surface area contributed by atoms with Crippen molar-refractivity contribution in [3.05, 3.63) is 71.5 Å². The van der Waals surface area contributed by atoms with Crippen LogP contribution in [0.1, 0.15) is 21.7 Å². The van der Waals surface area contributed by atoms with E-state index in [1.54, 1.807) is 16.7 Å². The number of carbonyl (C=O) groups excluding carboxylic acids is 1. The molecular weight excluding hydrogens is 380 g/mol. The van der Waals surface area contributed by atoms with Crippen LogP contribution in [0.2, 0.25) is 0 Å². The maximum Gasteiger partial charge on any atom is 0.289 e. The van der Waals surface area contributed by atoms with E-state index in [4.69, 9.17) is 4.42 Å². The number of carbonyl (C=O) groups is 1. The topological polar surface area (TPSA) is 45.5 Å². The van der Waals surface area contributed by atoms with Crippen LogP contribution in [-0.4, -0.2) is 38.0 Å². The maximum absolute atomic E-state index is 12.9. The molecule has 1 N–H and O–H groups in total. The van der Waals surface area contributed by atoms with E-state index in [1.165, 1.54) is 5.56 Å². The second kappa shape index (κ2) is 10.4. The average Bonchev–Trinajstić information content (AvgIpc) is 3.05. The highest BCUT2D eigenvalue weighted by atomic mass is 35.5. The number of nitrogens with zero attached hydrogens (tertiary/aromatic N) is 1. The lowest BCUT2D eigenvalue weighted by atomic mass is 10.1. The first-order valence-electron chi connectivity index (χ1n) is 8.73. The zero-order chi connectivity index (χ0) is 18.4. The summed E-state index contributed by atoms with van der Waals surface area (Å²) >= 11 is 1.80. The van der Waals surface area contributed by atoms with Crippen LogP contribution in [0.25, 0.3) is 11.0 Å². The van der Waals surface area contributed by atoms with Crippen molar-refractivity contribution in [1.82, 2.24) is 10.2 Å². The van der Waals surface area contributed by atoms with Crippen LogP contribution < -0.4 is 5.32 Å². The van der Waals surface area contributed by atoms with E-state index >= 15 is 0 Å². The van der Waals surface area contributed by atoms with Crippen molar-refractivity contribution in [1.29, 1.82) is 0 Å². The van der Waals surface area contributed by atoms with E-state index in [2.05, 4.69) is 29.6 Å². The molecule has 0 atom stereocenters. The lowest BCUT2D eigenvalue weighted by Crippen LogP contribution is -2.33. The lowest BCUT2D eigenvalue weighted by molar-refractivity contribution is 0.0766. The summed E-state index contributed by atoms with van der Waals surface area (Å²) in [5, 5.41) is 4.10. The van der Waals surface area contributed by atoms with Crippen molar-refractivity contribution in [2.24, 2.45) is 0 Å². The molecule has 4 nitrogen and oxygen atoms in total. The van der Waals surface area contributed by atoms with Crippen molar-refractivity contribution in [2.75, 3.05) is 27.2 Å². The number of thioether (sulfide) groups is 1. The van der Waals surface area contributed by atoms with E-state index in [0.717, 1.165) is 34.6 Å². The summed E-state index contributed by atoms with van der Waals surface area (Å²) in [6.45, 7) is 1.39. The number of para-hydroxylation sites is 1. The number of fused-ring (bicyclic) bond motifs is 1. The van der Waals surface area contributed by atoms with Gasteiger partial charge in [-0.05, 0) is 18.7 Å². The number of rotatable bonds is 8. The first-order valence-corrected chi connectivity index (χ1v) is 9.88. The molecule has 0 bridgehead atoms. The van der Waals surface area contributed by atoms with Gasteiger partial charge in [0.2, 0.25) is 0 Å². The minimum absolute atomic E-state index is 0. The fourth-order valence-electron chi connectivity index (χ4n) is 2.81. The van der Waals surface area contributed by atoms with Crippen LogP contribution in [0.15, 0.2) is 59.0 Å². The summed E-state index contributed by atoms with van der Waals surface area (Å²) in [4.78, 5) is 14.6. The van der Waals surface area contributed by atoms with E-state index in [0.29, 0.717) is 12.3 Å². The molecular formula is C21H25ClN2O2S. The van der Waals surface area contributed by atoms with Gasteiger partial charge in [0.15, 0.2) is 5.76 Å². The Morgan fingerprint density at radius 1 is 1.07 bits per heavy atom. The van der Waals surface area contributed by atoms with E-state index in [-0.39, 0.29) is 18.3 Å². The Hall–Kier alpha value is -1.95. The van der Waals surface area contributed by atoms with Gasteiger partial charge in [0, 0.05) is 42.6 Å². The normalized spacial score (nSPS) is 10.6. The summed E-state index contributed by atoms with van der Waals surface area (Å²) in [6.07, 6.45) is 0. The van der Waals surface area contributed by atoms with Crippen LogP contribution in [-0.2, 0) is 11.5 Å². The molecule has 0 aliphatic rings. The molecule has 3 rings (SSSR count). The molecule has 0 aliphatic carbocycles. The number of furan rings is 1. The minimum Gasteiger partial charge on any atom is -0.451 e. The number of benzene rings is 2. The second-order valence-electron chi connectivity index (χ2n) is 6.21. The van der Waals surface area contributed by atoms with Gasteiger partial charge in [-0.15, -0.1) is 12.4 Å². The molecule has 0 saturated carbocycles. The standard InChI is InChI=1S/C21H24N2O2S.ClH/c1-22-12-13-23(2)21(24)20-18(17-10-6-7-11-19(17)25-20)15-26-14-16-8-4-3-5-9-16;/h3-11,22H,12-15H2,1-2H3;1H. The van der Waals surface area contributed by atoms with Gasteiger partial charge in [-0.1, -0.05) is 48.5 Å². The quantitative estimate of drug-likeness (QED) is 0.596. The number of amides is 1. The molecule has 1 amide bonds. The van der Waals surface area contributed by atoms with Crippen LogP contribution >= 0.6 is 24.2 Å². The van der Waals surface area contributed by atoms with Crippen LogP contribution in [0.3, 0.4) is 0 Å². The number of nitrogens with one attached hydrogen (secondary N) is 1. The Morgan fingerprint density at radius 2 is 1.78 bits per heavy atom. The highest BCUT2D eigenvalue weighted by molar-refractivity contribution is 7.97. The molecule has 2 aromatic carbocycles. The average molecular weight is 405 g/mol. The van der Waals surface area contributed by atoms with E-state index in [1.807, 2.05) is 44.4 Å². The largest absolute Gasteiger partial charge is 0.451 e. The molecule has 0 aliphatic heterocycles. The Kier molecular flexibility index (Phi) is 8.23. The summed E-state index contributed by atoms with van der Waals surface area (Å²) < 4.78 is 5.94. The van der Waals surface area contributed by atoms with Gasteiger partial charge >= 0.3 is 0 Å². The molecule has 1 aromatic heterocycles. The second-order valence-corrected chi connectivity index (χ2v) is 7.20. The summed E-state index contributed by atoms with van der Waals surface area (Å²) in [7, 11) is 3.69. The predicted molar refractivity (Wildman–Crippen MR) is 116 cm³/mol. The third kappa shape index (κ3) is 5.28. The molecule has 0 unspecified atom stereocenters. The van der Waals surface area contributed by atoms with E-state index in [9.17, 15) is 4.79 Å². The molecule has 0 saturated heterocycles. The summed E-state index contributed by atoms with van der Waals surface area (Å²) in [5.41, 5.74) is 3.04. The maximum atomic E-state index is 12.9. The van der Waals surface area contributed by atoms with Gasteiger partial charge in [0.05, 0.1) is 0 Å². The van der Waals surface area contributed by atoms with Crippen molar-refractivity contribution < 1.29 is 9.21 Å². The highest BCUT2D eigenvalue weighted by Crippen LogP contribution is 2.31. The molecule has 0 fully saturated rings. The van der Waals surface area contributed by atoms with Gasteiger partial charge in [0.25, 0.3) is 5.91 Å². The third-order valence-electron chi connectivity index (χ3n) is 4.29. The molecule has 144 valence electrons. The minimum atomic E-state index is -0.0632. The molecule has 0 spiro atoms. The molecule has 6 heteroatoms. The van der Waals surface area contributed by atoms with E-state index < -0.39 is 0 Å². The Labute approximate surface area is 170 Å². The van der Waals surface area contributed by atoms with Crippen LogP contribution in [0, 0.1) is 0 Å². The molecule has 27 heavy (non-hydrogen) atoms. The fourth-order valence-corrected chi connectivity index (χ4v) is 3.84. The smallest absolute Gasteiger partial charge is 0.289 e. The summed E-state index contributed by atoms with van der Waals surface area (Å²) in [6, 6.07) is 18.2. The third-order valence-corrected chi connectivity index (χ3v) is 5.32. The van der Waals surface area contributed by atoms with Crippen molar-refractivity contribution in [3.8, 4) is 0 Å². The van der Waals surface area contributed by atoms with Gasteiger partial charge in [-0.25, -0.2) is 0 Å². The lowest BCUT2D eigenvalue weighted by Gasteiger charge is -2.16. The van der Waals surface area contributed by atoms with Gasteiger partial charge in [0.1, 0.15) is 5.58 Å². The van der Waals surface area contributed by atoms with Crippen molar-refractivity contribution in [3.63, 3.8) is 0 Å². The molecule has 3 aromatic rings. The monoisotopic (exact) mass is 404 g/mol. The Morgan fingerprint density at radius 3 is 2.52 bits per heavy atom. The van der Waals surface area contributed by atoms with Gasteiger partial charge in [-0.3, -0.25) is 4.79 Å². The van der Waals surface area contributed by atoms with Crippen molar-refractivity contribution >= 4 is 41.0 Å². The number of hydrogen-bond donors (Lipinski definition) is 1. The Balaban J connectivity index is 0.00000261. The SMILES string of the molecule is CNCCN(C)C(=O)c1oc2ccccc2c1CSCc1ccccc1.Cl. The first kappa shape index (κ1) is 21.4. The fraction of sp³-hybridized carbons (Fsp3) is 0.286. The summed E-state index contributed by atoms with van der Waals surface area (Å²) in [5.74, 6) is 2.05. The number of halogens is 1. The highest BCUT2D eigenvalue weighted by Gasteiger charge is 2.23. The molecule has 1 heterocycles. The van der Waals surface area contributed by atoms with Crippen LogP contribution in [0.5, 0.6) is 0 Å². The van der Waals surface area contributed by atoms with Gasteiger partial charge < -0.3 is 14.6 Å². The number of likely N-dealkylation sites (N-methyl/N-ethyl adjacent to an activating group) is 2. The Bertz CT molecular complexity index is 867. The predicted octanol–water partition coefficient (Wildman–Crippen LogP) is 4.58. The van der Waals surface area contributed by atoms with Crippen LogP contribution in [0.4, 0.5) is 0 Å². The molecule has 0 radical (unpaired) electrons. The zero-order valence-corrected chi connectivity index (χ0v) is 17.2. The van der Waals surface area contributed by atoms with Crippen molar-refractivity contribution in [2.45, 2.75) is 11.5 Å². The number of hydrogen-bond acceptors (Lipinski definition) is 4. The van der Waals surface area contributed by atoms with Gasteiger partial charge in [-0.2, -0.15) is 11.8 Å². The zero-order valence-electron chi connectivity index (χ0n) is 15.6. The first-order chi connectivity index (χ1) is 12.7.